The summed E-state index contributed by atoms with van der Waals surface area (Å²) in [6, 6.07) is 2.89. The van der Waals surface area contributed by atoms with Gasteiger partial charge in [-0.25, -0.2) is 4.79 Å². The topological polar surface area (TPSA) is 47.4 Å². The number of carbonyl (C=O) groups excluding carboxylic acids is 1. The van der Waals surface area contributed by atoms with Crippen LogP contribution in [-0.2, 0) is 4.74 Å². The number of allylic oxidation sites excluding steroid dienone is 1. The van der Waals surface area contributed by atoms with Crippen LogP contribution in [0.5, 0.6) is 0 Å². The van der Waals surface area contributed by atoms with Crippen molar-refractivity contribution in [2.24, 2.45) is 0 Å². The minimum Gasteiger partial charge on any atom is -0.444 e. The Hall–Kier alpha value is -1.30. The van der Waals surface area contributed by atoms with Crippen molar-refractivity contribution in [2.75, 3.05) is 0 Å². The molecule has 2 fully saturated rings. The first kappa shape index (κ1) is 18.5. The van der Waals surface area contributed by atoms with E-state index in [1.165, 1.54) is 5.57 Å². The minimum atomic E-state index is -0.448. The Labute approximate surface area is 158 Å². The first-order chi connectivity index (χ1) is 11.6. The summed E-state index contributed by atoms with van der Waals surface area (Å²) in [6.07, 6.45) is 5.99. The molecule has 2 saturated heterocycles. The molecule has 0 N–H and O–H groups in total. The summed E-state index contributed by atoms with van der Waals surface area (Å²) in [5.74, 6) is 0. The molecular weight excluding hydrogens is 382 g/mol. The number of fused-ring (bicyclic) bond motifs is 2. The molecule has 25 heavy (non-hydrogen) atoms. The van der Waals surface area contributed by atoms with Crippen LogP contribution >= 0.6 is 15.9 Å². The molecule has 2 aliphatic heterocycles. The molecule has 3 heterocycles. The fourth-order valence-electron chi connectivity index (χ4n) is 4.03. The van der Waals surface area contributed by atoms with Gasteiger partial charge in [0.15, 0.2) is 0 Å². The van der Waals surface area contributed by atoms with Gasteiger partial charge in [0, 0.05) is 12.1 Å². The summed E-state index contributed by atoms with van der Waals surface area (Å²) in [4.78, 5) is 14.6. The zero-order chi connectivity index (χ0) is 18.4. The maximum Gasteiger partial charge on any atom is 0.410 e. The van der Waals surface area contributed by atoms with Gasteiger partial charge in [-0.05, 0) is 88.4 Å². The van der Waals surface area contributed by atoms with Crippen LogP contribution in [0, 0.1) is 0 Å². The van der Waals surface area contributed by atoms with Crippen LogP contribution in [-0.4, -0.2) is 38.5 Å². The van der Waals surface area contributed by atoms with Crippen LogP contribution in [0.15, 0.2) is 16.2 Å². The van der Waals surface area contributed by atoms with Crippen molar-refractivity contribution in [1.82, 2.24) is 14.7 Å². The number of rotatable bonds is 2. The van der Waals surface area contributed by atoms with Crippen LogP contribution in [0.4, 0.5) is 4.79 Å². The standard InChI is InChI=1S/C19H28BrN3O2/c1-12(2)8-15-11-17(20)21-23(15)16-9-13-6-7-14(10-16)22(13)18(24)25-19(3,4)5/h8,11,13-14,16H,6-7,9-10H2,1-5H3. The first-order valence-electron chi connectivity index (χ1n) is 9.05. The van der Waals surface area contributed by atoms with Gasteiger partial charge in [0.1, 0.15) is 10.2 Å². The van der Waals surface area contributed by atoms with Crippen molar-refractivity contribution in [3.63, 3.8) is 0 Å². The van der Waals surface area contributed by atoms with Crippen molar-refractivity contribution in [1.29, 1.82) is 0 Å². The van der Waals surface area contributed by atoms with E-state index >= 15 is 0 Å². The Morgan fingerprint density at radius 1 is 1.24 bits per heavy atom. The highest BCUT2D eigenvalue weighted by Gasteiger charge is 2.45. The molecule has 0 aromatic carbocycles. The molecule has 2 unspecified atom stereocenters. The predicted octanol–water partition coefficient (Wildman–Crippen LogP) is 5.17. The van der Waals surface area contributed by atoms with Crippen LogP contribution in [0.2, 0.25) is 0 Å². The second kappa shape index (κ2) is 6.78. The van der Waals surface area contributed by atoms with Gasteiger partial charge in [0.2, 0.25) is 0 Å². The number of nitrogens with zero attached hydrogens (tertiary/aromatic N) is 3. The molecule has 2 bridgehead atoms. The van der Waals surface area contributed by atoms with E-state index in [1.807, 2.05) is 25.7 Å². The van der Waals surface area contributed by atoms with Gasteiger partial charge in [-0.1, -0.05) is 5.57 Å². The highest BCUT2D eigenvalue weighted by molar-refractivity contribution is 9.10. The summed E-state index contributed by atoms with van der Waals surface area (Å²) in [6.45, 7) is 9.96. The van der Waals surface area contributed by atoms with Gasteiger partial charge in [0.25, 0.3) is 0 Å². The van der Waals surface area contributed by atoms with E-state index in [1.54, 1.807) is 0 Å². The largest absolute Gasteiger partial charge is 0.444 e. The second-order valence-electron chi connectivity index (χ2n) is 8.46. The molecule has 138 valence electrons. The number of halogens is 1. The SMILES string of the molecule is CC(C)=Cc1cc(Br)nn1C1CC2CCC(C1)N2C(=O)OC(C)(C)C. The maximum absolute atomic E-state index is 12.6. The van der Waals surface area contributed by atoms with E-state index in [0.717, 1.165) is 36.0 Å². The molecule has 1 amide bonds. The van der Waals surface area contributed by atoms with E-state index in [0.29, 0.717) is 6.04 Å². The normalized spacial score (nSPS) is 25.8. The number of ether oxygens (including phenoxy) is 1. The van der Waals surface area contributed by atoms with Crippen molar-refractivity contribution in [2.45, 2.75) is 84.0 Å². The number of amides is 1. The molecule has 0 spiro atoms. The Balaban J connectivity index is 1.79. The molecule has 2 atom stereocenters. The minimum absolute atomic E-state index is 0.162. The summed E-state index contributed by atoms with van der Waals surface area (Å²) in [7, 11) is 0. The van der Waals surface area contributed by atoms with E-state index in [2.05, 4.69) is 51.7 Å². The Bertz CT molecular complexity index is 671. The zero-order valence-corrected chi connectivity index (χ0v) is 17.3. The maximum atomic E-state index is 12.6. The van der Waals surface area contributed by atoms with E-state index in [4.69, 9.17) is 4.74 Å². The van der Waals surface area contributed by atoms with Gasteiger partial charge < -0.3 is 9.64 Å². The number of carbonyl (C=O) groups is 1. The molecule has 1 aromatic heterocycles. The number of piperidine rings is 1. The molecule has 1 aromatic rings. The number of hydrogen-bond acceptors (Lipinski definition) is 3. The van der Waals surface area contributed by atoms with Gasteiger partial charge in [-0.2, -0.15) is 5.10 Å². The van der Waals surface area contributed by atoms with Crippen molar-refractivity contribution in [3.05, 3.63) is 21.9 Å². The first-order valence-corrected chi connectivity index (χ1v) is 9.84. The van der Waals surface area contributed by atoms with Crippen LogP contribution in [0.1, 0.15) is 72.0 Å². The van der Waals surface area contributed by atoms with Crippen molar-refractivity contribution < 1.29 is 9.53 Å². The average molecular weight is 410 g/mol. The predicted molar refractivity (Wildman–Crippen MR) is 102 cm³/mol. The van der Waals surface area contributed by atoms with Crippen LogP contribution < -0.4 is 0 Å². The lowest BCUT2D eigenvalue weighted by atomic mass is 9.97. The van der Waals surface area contributed by atoms with E-state index in [9.17, 15) is 4.79 Å². The molecule has 0 saturated carbocycles. The quantitative estimate of drug-likeness (QED) is 0.676. The summed E-state index contributed by atoms with van der Waals surface area (Å²) >= 11 is 3.51. The lowest BCUT2D eigenvalue weighted by Crippen LogP contribution is -2.49. The molecular formula is C19H28BrN3O2. The molecule has 3 rings (SSSR count). The average Bonchev–Trinajstić information content (AvgIpc) is 2.94. The molecule has 0 aliphatic carbocycles. The third-order valence-electron chi connectivity index (χ3n) is 4.83. The number of hydrogen-bond donors (Lipinski definition) is 0. The molecule has 5 nitrogen and oxygen atoms in total. The van der Waals surface area contributed by atoms with Crippen molar-refractivity contribution >= 4 is 28.1 Å². The van der Waals surface area contributed by atoms with Gasteiger partial charge in [0.05, 0.1) is 11.7 Å². The summed E-state index contributed by atoms with van der Waals surface area (Å²) in [5, 5.41) is 4.67. The summed E-state index contributed by atoms with van der Waals surface area (Å²) < 4.78 is 8.62. The Kier molecular flexibility index (Phi) is 5.02. The molecule has 0 radical (unpaired) electrons. The summed E-state index contributed by atoms with van der Waals surface area (Å²) in [5.41, 5.74) is 1.93. The number of aromatic nitrogens is 2. The highest BCUT2D eigenvalue weighted by Crippen LogP contribution is 2.42. The lowest BCUT2D eigenvalue weighted by Gasteiger charge is -2.39. The highest BCUT2D eigenvalue weighted by atomic mass is 79.9. The van der Waals surface area contributed by atoms with Gasteiger partial charge in [-0.15, -0.1) is 0 Å². The molecule has 2 aliphatic rings. The Morgan fingerprint density at radius 2 is 1.84 bits per heavy atom. The third kappa shape index (κ3) is 4.10. The van der Waals surface area contributed by atoms with Crippen molar-refractivity contribution in [3.8, 4) is 0 Å². The zero-order valence-electron chi connectivity index (χ0n) is 15.8. The van der Waals surface area contributed by atoms with E-state index in [-0.39, 0.29) is 18.2 Å². The second-order valence-corrected chi connectivity index (χ2v) is 9.27. The third-order valence-corrected chi connectivity index (χ3v) is 5.22. The monoisotopic (exact) mass is 409 g/mol. The lowest BCUT2D eigenvalue weighted by molar-refractivity contribution is 0.00228. The smallest absolute Gasteiger partial charge is 0.410 e. The van der Waals surface area contributed by atoms with E-state index < -0.39 is 5.60 Å². The van der Waals surface area contributed by atoms with Gasteiger partial charge in [-0.3, -0.25) is 4.68 Å². The fraction of sp³-hybridized carbons (Fsp3) is 0.684. The molecule has 6 heteroatoms. The van der Waals surface area contributed by atoms with Crippen LogP contribution in [0.3, 0.4) is 0 Å². The van der Waals surface area contributed by atoms with Crippen LogP contribution in [0.25, 0.3) is 6.08 Å². The van der Waals surface area contributed by atoms with Gasteiger partial charge >= 0.3 is 6.09 Å². The fourth-order valence-corrected chi connectivity index (χ4v) is 4.44. The Morgan fingerprint density at radius 3 is 2.36 bits per heavy atom.